The highest BCUT2D eigenvalue weighted by Gasteiger charge is 2.13. The van der Waals surface area contributed by atoms with Crippen LogP contribution in [0.3, 0.4) is 0 Å². The smallest absolute Gasteiger partial charge is 0.224 e. The SMILES string of the molecule is CNc1nnc(-c2cc(C)cc(C)c2N)n1C. The highest BCUT2D eigenvalue weighted by atomic mass is 15.3. The van der Waals surface area contributed by atoms with E-state index in [2.05, 4.69) is 21.6 Å². The minimum Gasteiger partial charge on any atom is -0.398 e. The van der Waals surface area contributed by atoms with E-state index in [4.69, 9.17) is 5.73 Å². The summed E-state index contributed by atoms with van der Waals surface area (Å²) >= 11 is 0. The van der Waals surface area contributed by atoms with Crippen LogP contribution in [-0.2, 0) is 7.05 Å². The molecule has 0 fully saturated rings. The maximum atomic E-state index is 6.10. The van der Waals surface area contributed by atoms with E-state index in [-0.39, 0.29) is 0 Å². The van der Waals surface area contributed by atoms with Gasteiger partial charge in [-0.3, -0.25) is 4.57 Å². The van der Waals surface area contributed by atoms with E-state index < -0.39 is 0 Å². The number of hydrogen-bond donors (Lipinski definition) is 2. The fraction of sp³-hybridized carbons (Fsp3) is 0.333. The van der Waals surface area contributed by atoms with Crippen molar-refractivity contribution in [3.8, 4) is 11.4 Å². The zero-order valence-corrected chi connectivity index (χ0v) is 10.6. The Morgan fingerprint density at radius 1 is 1.24 bits per heavy atom. The second-order valence-corrected chi connectivity index (χ2v) is 4.20. The zero-order valence-electron chi connectivity index (χ0n) is 10.6. The van der Waals surface area contributed by atoms with Crippen molar-refractivity contribution >= 4 is 11.6 Å². The van der Waals surface area contributed by atoms with Gasteiger partial charge in [0, 0.05) is 25.3 Å². The van der Waals surface area contributed by atoms with Crippen LogP contribution in [-0.4, -0.2) is 21.8 Å². The van der Waals surface area contributed by atoms with Gasteiger partial charge in [-0.2, -0.15) is 0 Å². The zero-order chi connectivity index (χ0) is 12.6. The van der Waals surface area contributed by atoms with Crippen LogP contribution < -0.4 is 11.1 Å². The lowest BCUT2D eigenvalue weighted by atomic mass is 10.0. The van der Waals surface area contributed by atoms with E-state index in [0.717, 1.165) is 28.6 Å². The molecule has 0 atom stereocenters. The second kappa shape index (κ2) is 4.08. The van der Waals surface area contributed by atoms with Crippen molar-refractivity contribution < 1.29 is 0 Å². The first-order valence-corrected chi connectivity index (χ1v) is 5.49. The van der Waals surface area contributed by atoms with Gasteiger partial charge in [0.25, 0.3) is 0 Å². The third kappa shape index (κ3) is 1.84. The molecule has 1 aromatic heterocycles. The number of nitrogens with zero attached hydrogens (tertiary/aromatic N) is 3. The summed E-state index contributed by atoms with van der Waals surface area (Å²) in [6, 6.07) is 4.10. The van der Waals surface area contributed by atoms with Crippen molar-refractivity contribution in [3.05, 3.63) is 23.3 Å². The van der Waals surface area contributed by atoms with Crippen molar-refractivity contribution in [2.45, 2.75) is 13.8 Å². The molecule has 90 valence electrons. The molecule has 5 heteroatoms. The lowest BCUT2D eigenvalue weighted by molar-refractivity contribution is 0.925. The summed E-state index contributed by atoms with van der Waals surface area (Å²) in [5, 5.41) is 11.2. The van der Waals surface area contributed by atoms with Crippen molar-refractivity contribution in [1.29, 1.82) is 0 Å². The van der Waals surface area contributed by atoms with Crippen LogP contribution in [0.15, 0.2) is 12.1 Å². The molecule has 0 saturated carbocycles. The van der Waals surface area contributed by atoms with Gasteiger partial charge in [-0.25, -0.2) is 0 Å². The summed E-state index contributed by atoms with van der Waals surface area (Å²) in [5.41, 5.74) is 10.0. The van der Waals surface area contributed by atoms with Crippen molar-refractivity contribution in [3.63, 3.8) is 0 Å². The summed E-state index contributed by atoms with van der Waals surface area (Å²) < 4.78 is 1.89. The Morgan fingerprint density at radius 2 is 1.94 bits per heavy atom. The molecule has 0 aliphatic heterocycles. The molecule has 0 aliphatic carbocycles. The van der Waals surface area contributed by atoms with Gasteiger partial charge in [-0.05, 0) is 31.0 Å². The number of rotatable bonds is 2. The summed E-state index contributed by atoms with van der Waals surface area (Å²) in [6.07, 6.45) is 0. The molecule has 1 aromatic carbocycles. The van der Waals surface area contributed by atoms with Gasteiger partial charge >= 0.3 is 0 Å². The maximum absolute atomic E-state index is 6.10. The van der Waals surface area contributed by atoms with Crippen LogP contribution in [0.2, 0.25) is 0 Å². The molecule has 1 heterocycles. The fourth-order valence-electron chi connectivity index (χ4n) is 1.95. The molecular formula is C12H17N5. The minimum absolute atomic E-state index is 0.721. The van der Waals surface area contributed by atoms with Gasteiger partial charge in [0.15, 0.2) is 5.82 Å². The predicted molar refractivity (Wildman–Crippen MR) is 69.9 cm³/mol. The number of nitrogens with one attached hydrogen (secondary N) is 1. The Labute approximate surface area is 101 Å². The second-order valence-electron chi connectivity index (χ2n) is 4.20. The number of hydrogen-bond acceptors (Lipinski definition) is 4. The number of nitrogens with two attached hydrogens (primary N) is 1. The molecule has 17 heavy (non-hydrogen) atoms. The Morgan fingerprint density at radius 3 is 2.53 bits per heavy atom. The number of nitrogen functional groups attached to an aromatic ring is 1. The van der Waals surface area contributed by atoms with Gasteiger partial charge in [0.05, 0.1) is 0 Å². The Bertz CT molecular complexity index is 556. The Hall–Kier alpha value is -2.04. The average molecular weight is 231 g/mol. The van der Waals surface area contributed by atoms with Gasteiger partial charge in [0.1, 0.15) is 0 Å². The van der Waals surface area contributed by atoms with E-state index in [0.29, 0.717) is 0 Å². The average Bonchev–Trinajstić information content (AvgIpc) is 2.65. The number of benzene rings is 1. The third-order valence-electron chi connectivity index (χ3n) is 2.87. The van der Waals surface area contributed by atoms with Gasteiger partial charge in [-0.15, -0.1) is 10.2 Å². The Kier molecular flexibility index (Phi) is 2.75. The molecule has 0 saturated heterocycles. The van der Waals surface area contributed by atoms with Crippen LogP contribution in [0.5, 0.6) is 0 Å². The topological polar surface area (TPSA) is 68.8 Å². The summed E-state index contributed by atoms with van der Waals surface area (Å²) in [6.45, 7) is 4.05. The first kappa shape index (κ1) is 11.4. The van der Waals surface area contributed by atoms with Crippen molar-refractivity contribution in [1.82, 2.24) is 14.8 Å². The highest BCUT2D eigenvalue weighted by molar-refractivity contribution is 5.75. The number of aryl methyl sites for hydroxylation is 2. The molecule has 0 radical (unpaired) electrons. The van der Waals surface area contributed by atoms with Crippen LogP contribution in [0.1, 0.15) is 11.1 Å². The van der Waals surface area contributed by atoms with Crippen LogP contribution in [0.25, 0.3) is 11.4 Å². The molecule has 5 nitrogen and oxygen atoms in total. The van der Waals surface area contributed by atoms with E-state index in [1.165, 1.54) is 5.56 Å². The van der Waals surface area contributed by atoms with E-state index in [1.807, 2.05) is 38.6 Å². The van der Waals surface area contributed by atoms with Crippen LogP contribution in [0.4, 0.5) is 11.6 Å². The summed E-state index contributed by atoms with van der Waals surface area (Å²) in [5.74, 6) is 1.50. The van der Waals surface area contributed by atoms with Crippen molar-refractivity contribution in [2.24, 2.45) is 7.05 Å². The normalized spacial score (nSPS) is 10.6. The summed E-state index contributed by atoms with van der Waals surface area (Å²) in [4.78, 5) is 0. The molecule has 0 amide bonds. The number of aromatic nitrogens is 3. The van der Waals surface area contributed by atoms with Gasteiger partial charge in [-0.1, -0.05) is 6.07 Å². The fourth-order valence-corrected chi connectivity index (χ4v) is 1.95. The van der Waals surface area contributed by atoms with Gasteiger partial charge in [0.2, 0.25) is 5.95 Å². The van der Waals surface area contributed by atoms with Gasteiger partial charge < -0.3 is 11.1 Å². The molecule has 0 spiro atoms. The molecular weight excluding hydrogens is 214 g/mol. The molecule has 0 aliphatic rings. The molecule has 3 N–H and O–H groups in total. The molecule has 0 unspecified atom stereocenters. The lowest BCUT2D eigenvalue weighted by Gasteiger charge is -2.10. The number of anilines is 2. The monoisotopic (exact) mass is 231 g/mol. The van der Waals surface area contributed by atoms with Crippen LogP contribution >= 0.6 is 0 Å². The van der Waals surface area contributed by atoms with E-state index >= 15 is 0 Å². The predicted octanol–water partition coefficient (Wildman–Crippen LogP) is 1.72. The quantitative estimate of drug-likeness (QED) is 0.772. The molecule has 2 rings (SSSR count). The first-order valence-electron chi connectivity index (χ1n) is 5.49. The van der Waals surface area contributed by atoms with Crippen LogP contribution in [0, 0.1) is 13.8 Å². The first-order chi connectivity index (χ1) is 8.04. The summed E-state index contributed by atoms with van der Waals surface area (Å²) in [7, 11) is 3.73. The molecule has 0 bridgehead atoms. The standard InChI is InChI=1S/C12H17N5/c1-7-5-8(2)10(13)9(6-7)11-15-16-12(14-3)17(11)4/h5-6H,13H2,1-4H3,(H,14,16). The molecule has 2 aromatic rings. The third-order valence-corrected chi connectivity index (χ3v) is 2.87. The maximum Gasteiger partial charge on any atom is 0.224 e. The minimum atomic E-state index is 0.721. The lowest BCUT2D eigenvalue weighted by Crippen LogP contribution is -2.02. The Balaban J connectivity index is 2.64. The highest BCUT2D eigenvalue weighted by Crippen LogP contribution is 2.29. The van der Waals surface area contributed by atoms with E-state index in [1.54, 1.807) is 0 Å². The largest absolute Gasteiger partial charge is 0.398 e. The van der Waals surface area contributed by atoms with E-state index in [9.17, 15) is 0 Å². The van der Waals surface area contributed by atoms with Crippen molar-refractivity contribution in [2.75, 3.05) is 18.1 Å².